The van der Waals surface area contributed by atoms with Crippen molar-refractivity contribution in [3.05, 3.63) is 23.3 Å². The molecule has 1 N–H and O–H groups in total. The number of allylic oxidation sites excluding steroid dienone is 3. The highest BCUT2D eigenvalue weighted by Gasteiger charge is 2.58. The van der Waals surface area contributed by atoms with E-state index in [2.05, 4.69) is 46.8 Å². The summed E-state index contributed by atoms with van der Waals surface area (Å²) in [7, 11) is 0. The molecule has 7 atom stereocenters. The van der Waals surface area contributed by atoms with Crippen LogP contribution in [0.2, 0.25) is 0 Å². The fraction of sp³-hybridized carbons (Fsp3) is 0.862. The van der Waals surface area contributed by atoms with Gasteiger partial charge in [0.1, 0.15) is 0 Å². The third kappa shape index (κ3) is 3.76. The van der Waals surface area contributed by atoms with Gasteiger partial charge < -0.3 is 5.11 Å². The molecule has 0 heterocycles. The zero-order valence-electron chi connectivity index (χ0n) is 20.6. The van der Waals surface area contributed by atoms with Crippen molar-refractivity contribution >= 4 is 0 Å². The molecule has 1 heteroatoms. The van der Waals surface area contributed by atoms with E-state index in [9.17, 15) is 5.11 Å². The van der Waals surface area contributed by atoms with Crippen LogP contribution in [-0.4, -0.2) is 11.7 Å². The predicted molar refractivity (Wildman–Crippen MR) is 128 cm³/mol. The molecule has 1 nitrogen and oxygen atoms in total. The van der Waals surface area contributed by atoms with Gasteiger partial charge in [-0.1, -0.05) is 64.3 Å². The summed E-state index contributed by atoms with van der Waals surface area (Å²) in [6, 6.07) is 0. The zero-order valence-corrected chi connectivity index (χ0v) is 20.6. The maximum absolute atomic E-state index is 9.43. The number of hydrogen-bond donors (Lipinski definition) is 1. The SMILES string of the molecule is CC(C)/C(=C\C[C@@H](C)[C@H]1CC[C@H]2[C@@H]3CC=C4CCCC[C@]4(C)[C@H]3CC[C@]12C)CCO. The Morgan fingerprint density at radius 1 is 1.10 bits per heavy atom. The van der Waals surface area contributed by atoms with Crippen LogP contribution in [0.25, 0.3) is 0 Å². The van der Waals surface area contributed by atoms with Crippen LogP contribution in [0.15, 0.2) is 23.3 Å². The minimum absolute atomic E-state index is 0.291. The summed E-state index contributed by atoms with van der Waals surface area (Å²) in [4.78, 5) is 0. The highest BCUT2D eigenvalue weighted by molar-refractivity contribution is 5.24. The highest BCUT2D eigenvalue weighted by Crippen LogP contribution is 2.67. The average Bonchev–Trinajstić information content (AvgIpc) is 3.07. The maximum Gasteiger partial charge on any atom is 0.0468 e. The van der Waals surface area contributed by atoms with E-state index in [0.29, 0.717) is 23.4 Å². The van der Waals surface area contributed by atoms with E-state index in [0.717, 1.165) is 36.0 Å². The molecule has 0 unspecified atom stereocenters. The fourth-order valence-corrected chi connectivity index (χ4v) is 8.93. The molecule has 0 aliphatic heterocycles. The number of aliphatic hydroxyl groups excluding tert-OH is 1. The minimum Gasteiger partial charge on any atom is -0.396 e. The van der Waals surface area contributed by atoms with Gasteiger partial charge in [-0.05, 0) is 111 Å². The summed E-state index contributed by atoms with van der Waals surface area (Å²) < 4.78 is 0. The van der Waals surface area contributed by atoms with Gasteiger partial charge in [-0.25, -0.2) is 0 Å². The molecule has 0 aromatic carbocycles. The summed E-state index contributed by atoms with van der Waals surface area (Å²) in [6.07, 6.45) is 20.2. The van der Waals surface area contributed by atoms with Crippen molar-refractivity contribution in [2.75, 3.05) is 6.61 Å². The van der Waals surface area contributed by atoms with Gasteiger partial charge in [0.25, 0.3) is 0 Å². The summed E-state index contributed by atoms with van der Waals surface area (Å²) in [5.74, 6) is 5.07. The Hall–Kier alpha value is -0.560. The quantitative estimate of drug-likeness (QED) is 0.439. The first kappa shape index (κ1) is 22.6. The van der Waals surface area contributed by atoms with Gasteiger partial charge >= 0.3 is 0 Å². The first-order valence-corrected chi connectivity index (χ1v) is 13.3. The highest BCUT2D eigenvalue weighted by atomic mass is 16.2. The summed E-state index contributed by atoms with van der Waals surface area (Å²) in [5.41, 5.74) is 4.39. The van der Waals surface area contributed by atoms with Crippen molar-refractivity contribution < 1.29 is 5.11 Å². The molecule has 0 bridgehead atoms. The number of aliphatic hydroxyl groups is 1. The Morgan fingerprint density at radius 3 is 2.63 bits per heavy atom. The molecule has 0 aromatic heterocycles. The van der Waals surface area contributed by atoms with Gasteiger partial charge in [0, 0.05) is 6.61 Å². The lowest BCUT2D eigenvalue weighted by molar-refractivity contribution is -0.0491. The van der Waals surface area contributed by atoms with Gasteiger partial charge in [-0.3, -0.25) is 0 Å². The molecule has 0 spiro atoms. The molecule has 4 aliphatic carbocycles. The van der Waals surface area contributed by atoms with Crippen LogP contribution in [-0.2, 0) is 0 Å². The Kier molecular flexibility index (Phi) is 6.61. The van der Waals surface area contributed by atoms with Gasteiger partial charge in [0.2, 0.25) is 0 Å². The first-order chi connectivity index (χ1) is 14.3. The van der Waals surface area contributed by atoms with Crippen molar-refractivity contribution in [3.63, 3.8) is 0 Å². The lowest BCUT2D eigenvalue weighted by Crippen LogP contribution is -2.50. The second kappa shape index (κ2) is 8.76. The fourth-order valence-electron chi connectivity index (χ4n) is 8.93. The topological polar surface area (TPSA) is 20.2 Å². The lowest BCUT2D eigenvalue weighted by atomic mass is 9.47. The molecule has 3 fully saturated rings. The normalized spacial score (nSPS) is 42.4. The first-order valence-electron chi connectivity index (χ1n) is 13.3. The van der Waals surface area contributed by atoms with Crippen molar-refractivity contribution in [3.8, 4) is 0 Å². The predicted octanol–water partition coefficient (Wildman–Crippen LogP) is 7.95. The van der Waals surface area contributed by atoms with Crippen molar-refractivity contribution in [2.24, 2.45) is 46.3 Å². The number of rotatable bonds is 6. The van der Waals surface area contributed by atoms with E-state index >= 15 is 0 Å². The molecule has 4 aliphatic rings. The molecule has 170 valence electrons. The third-order valence-electron chi connectivity index (χ3n) is 10.7. The van der Waals surface area contributed by atoms with Gasteiger partial charge in [0.15, 0.2) is 0 Å². The molecule has 0 amide bonds. The Balaban J connectivity index is 1.50. The van der Waals surface area contributed by atoms with Gasteiger partial charge in [-0.15, -0.1) is 0 Å². The van der Waals surface area contributed by atoms with Crippen LogP contribution in [0.1, 0.15) is 105 Å². The van der Waals surface area contributed by atoms with Gasteiger partial charge in [0.05, 0.1) is 0 Å². The van der Waals surface area contributed by atoms with Crippen molar-refractivity contribution in [2.45, 2.75) is 105 Å². The minimum atomic E-state index is 0.291. The molecular formula is C29H48O. The van der Waals surface area contributed by atoms with Crippen LogP contribution in [0.5, 0.6) is 0 Å². The average molecular weight is 413 g/mol. The van der Waals surface area contributed by atoms with Crippen LogP contribution in [0.3, 0.4) is 0 Å². The smallest absolute Gasteiger partial charge is 0.0468 e. The monoisotopic (exact) mass is 412 g/mol. The van der Waals surface area contributed by atoms with E-state index in [4.69, 9.17) is 0 Å². The van der Waals surface area contributed by atoms with E-state index in [-0.39, 0.29) is 0 Å². The Bertz CT molecular complexity index is 672. The van der Waals surface area contributed by atoms with E-state index in [1.807, 2.05) is 5.57 Å². The van der Waals surface area contributed by atoms with Crippen molar-refractivity contribution in [1.29, 1.82) is 0 Å². The number of hydrogen-bond acceptors (Lipinski definition) is 1. The second-order valence-corrected chi connectivity index (χ2v) is 12.3. The van der Waals surface area contributed by atoms with Crippen LogP contribution >= 0.6 is 0 Å². The maximum atomic E-state index is 9.43. The van der Waals surface area contributed by atoms with E-state index < -0.39 is 0 Å². The molecule has 3 saturated carbocycles. The Morgan fingerprint density at radius 2 is 1.90 bits per heavy atom. The summed E-state index contributed by atoms with van der Waals surface area (Å²) >= 11 is 0. The summed E-state index contributed by atoms with van der Waals surface area (Å²) in [6.45, 7) is 12.7. The van der Waals surface area contributed by atoms with Crippen LogP contribution in [0.4, 0.5) is 0 Å². The second-order valence-electron chi connectivity index (χ2n) is 12.3. The molecule has 0 radical (unpaired) electrons. The Labute approximate surface area is 186 Å². The largest absolute Gasteiger partial charge is 0.396 e. The van der Waals surface area contributed by atoms with Crippen molar-refractivity contribution in [1.82, 2.24) is 0 Å². The standard InChI is InChI=1S/C29H48O/c1-20(2)22(16-19-30)10-9-21(3)25-13-14-26-24-12-11-23-8-6-7-17-28(23,4)27(24)15-18-29(25,26)5/h10-11,20-21,24-27,30H,6-9,12-19H2,1-5H3/b22-10-/t21-,24+,25-,26+,27+,28+,29-/m1/s1. The molecule has 0 saturated heterocycles. The third-order valence-corrected chi connectivity index (χ3v) is 10.7. The van der Waals surface area contributed by atoms with E-state index in [1.165, 1.54) is 69.8 Å². The van der Waals surface area contributed by atoms with Crippen LogP contribution < -0.4 is 0 Å². The lowest BCUT2D eigenvalue weighted by Gasteiger charge is -2.58. The zero-order chi connectivity index (χ0) is 21.5. The molecule has 4 rings (SSSR count). The summed E-state index contributed by atoms with van der Waals surface area (Å²) in [5, 5.41) is 9.43. The van der Waals surface area contributed by atoms with Crippen LogP contribution in [0, 0.1) is 46.3 Å². The van der Waals surface area contributed by atoms with Gasteiger partial charge in [-0.2, -0.15) is 0 Å². The molecule has 30 heavy (non-hydrogen) atoms. The van der Waals surface area contributed by atoms with E-state index in [1.54, 1.807) is 0 Å². The molecule has 0 aromatic rings. The molecular weight excluding hydrogens is 364 g/mol. The number of fused-ring (bicyclic) bond motifs is 5.